The molecule has 36 heavy (non-hydrogen) atoms. The van der Waals surface area contributed by atoms with Crippen LogP contribution >= 0.6 is 0 Å². The number of likely N-dealkylation sites (tertiary alicyclic amines) is 1. The van der Waals surface area contributed by atoms with E-state index in [-0.39, 0.29) is 24.2 Å². The van der Waals surface area contributed by atoms with Gasteiger partial charge < -0.3 is 25.5 Å². The van der Waals surface area contributed by atoms with E-state index in [2.05, 4.69) is 26.0 Å². The summed E-state index contributed by atoms with van der Waals surface area (Å²) in [6, 6.07) is 6.25. The monoisotopic (exact) mass is 495 g/mol. The summed E-state index contributed by atoms with van der Waals surface area (Å²) in [6.07, 6.45) is 1.17. The lowest BCUT2D eigenvalue weighted by Gasteiger charge is -2.40. The average molecular weight is 496 g/mol. The molecule has 1 atom stereocenters. The van der Waals surface area contributed by atoms with Gasteiger partial charge in [0, 0.05) is 32.1 Å². The van der Waals surface area contributed by atoms with Crippen LogP contribution in [0.25, 0.3) is 11.0 Å². The molecule has 0 saturated carbocycles. The summed E-state index contributed by atoms with van der Waals surface area (Å²) < 4.78 is 14.0. The van der Waals surface area contributed by atoms with Crippen molar-refractivity contribution < 1.29 is 23.9 Å². The van der Waals surface area contributed by atoms with Crippen LogP contribution in [-0.2, 0) is 17.8 Å². The standard InChI is InChI=1S/C24H26FN7O4/c1-13-9-14(10-18-20(13)29-30-28-18)11-19(22(33)34)26-23(35)31-7-5-16(6-8-31)32-12-15-3-2-4-17(25)21(15)27-24(32)36/h2-4,9-10,16,19H,5-8,11-12H2,1H3,(H,26,35)(H,27,36)(H,33,34)(H,28,29,30). The molecule has 0 aliphatic carbocycles. The van der Waals surface area contributed by atoms with Gasteiger partial charge in [0.25, 0.3) is 0 Å². The van der Waals surface area contributed by atoms with Crippen LogP contribution in [-0.4, -0.2) is 73.5 Å². The molecule has 1 saturated heterocycles. The summed E-state index contributed by atoms with van der Waals surface area (Å²) in [7, 11) is 0. The van der Waals surface area contributed by atoms with Gasteiger partial charge in [-0.2, -0.15) is 15.4 Å². The Morgan fingerprint density at radius 3 is 2.78 bits per heavy atom. The molecule has 0 radical (unpaired) electrons. The van der Waals surface area contributed by atoms with Crippen LogP contribution in [0.2, 0.25) is 0 Å². The lowest BCUT2D eigenvalue weighted by atomic mass is 10.0. The topological polar surface area (TPSA) is 144 Å². The molecule has 2 aliphatic rings. The number of benzene rings is 2. The predicted molar refractivity (Wildman–Crippen MR) is 128 cm³/mol. The largest absolute Gasteiger partial charge is 0.480 e. The number of carbonyl (C=O) groups excluding carboxylic acids is 2. The van der Waals surface area contributed by atoms with Gasteiger partial charge in [0.15, 0.2) is 0 Å². The van der Waals surface area contributed by atoms with E-state index in [9.17, 15) is 23.9 Å². The number of carboxylic acids is 1. The van der Waals surface area contributed by atoms with E-state index < -0.39 is 23.9 Å². The Morgan fingerprint density at radius 1 is 1.25 bits per heavy atom. The number of carboxylic acid groups (broad SMARTS) is 1. The molecule has 3 heterocycles. The first-order chi connectivity index (χ1) is 17.3. The van der Waals surface area contributed by atoms with Gasteiger partial charge in [-0.05, 0) is 48.6 Å². The number of aliphatic carboxylic acids is 1. The van der Waals surface area contributed by atoms with Crippen molar-refractivity contribution in [3.05, 3.63) is 52.8 Å². The zero-order chi connectivity index (χ0) is 25.4. The number of nitrogens with one attached hydrogen (secondary N) is 3. The van der Waals surface area contributed by atoms with Gasteiger partial charge in [-0.3, -0.25) is 0 Å². The van der Waals surface area contributed by atoms with E-state index >= 15 is 0 Å². The van der Waals surface area contributed by atoms with Gasteiger partial charge >= 0.3 is 18.0 Å². The van der Waals surface area contributed by atoms with Crippen LogP contribution in [0, 0.1) is 12.7 Å². The number of para-hydroxylation sites is 1. The highest BCUT2D eigenvalue weighted by Crippen LogP contribution is 2.29. The molecule has 12 heteroatoms. The molecular weight excluding hydrogens is 469 g/mol. The molecule has 0 bridgehead atoms. The fraction of sp³-hybridized carbons (Fsp3) is 0.375. The van der Waals surface area contributed by atoms with E-state index in [0.29, 0.717) is 49.1 Å². The Labute approximate surface area is 205 Å². The molecule has 1 fully saturated rings. The molecule has 4 N–H and O–H groups in total. The number of aryl methyl sites for hydroxylation is 1. The van der Waals surface area contributed by atoms with Crippen LogP contribution < -0.4 is 10.6 Å². The molecule has 5 rings (SSSR count). The van der Waals surface area contributed by atoms with E-state index in [1.54, 1.807) is 28.0 Å². The third-order valence-corrected chi connectivity index (χ3v) is 6.83. The maximum absolute atomic E-state index is 14.0. The zero-order valence-electron chi connectivity index (χ0n) is 19.6. The van der Waals surface area contributed by atoms with Crippen LogP contribution in [0.15, 0.2) is 30.3 Å². The number of aromatic amines is 1. The van der Waals surface area contributed by atoms with Gasteiger partial charge in [0.2, 0.25) is 0 Å². The first kappa shape index (κ1) is 23.5. The number of piperidine rings is 1. The Kier molecular flexibility index (Phi) is 6.17. The normalized spacial score (nSPS) is 17.0. The molecule has 2 aromatic carbocycles. The first-order valence-corrected chi connectivity index (χ1v) is 11.7. The minimum absolute atomic E-state index is 0.102. The van der Waals surface area contributed by atoms with E-state index in [1.165, 1.54) is 6.07 Å². The third-order valence-electron chi connectivity index (χ3n) is 6.83. The highest BCUT2D eigenvalue weighted by atomic mass is 19.1. The van der Waals surface area contributed by atoms with Crippen molar-refractivity contribution in [1.29, 1.82) is 0 Å². The number of amides is 4. The fourth-order valence-corrected chi connectivity index (χ4v) is 4.94. The SMILES string of the molecule is Cc1cc(CC(NC(=O)N2CCC(N3Cc4cccc(F)c4NC3=O)CC2)C(=O)O)cc2n[nH]nc12. The lowest BCUT2D eigenvalue weighted by molar-refractivity contribution is -0.139. The van der Waals surface area contributed by atoms with E-state index in [1.807, 2.05) is 13.0 Å². The van der Waals surface area contributed by atoms with Crippen molar-refractivity contribution >= 4 is 34.8 Å². The summed E-state index contributed by atoms with van der Waals surface area (Å²) in [5, 5.41) is 25.7. The van der Waals surface area contributed by atoms with Crippen molar-refractivity contribution in [3.8, 4) is 0 Å². The van der Waals surface area contributed by atoms with Crippen LogP contribution in [0.3, 0.4) is 0 Å². The Bertz CT molecular complexity index is 1340. The van der Waals surface area contributed by atoms with Crippen molar-refractivity contribution in [3.63, 3.8) is 0 Å². The van der Waals surface area contributed by atoms with Gasteiger partial charge in [-0.15, -0.1) is 0 Å². The summed E-state index contributed by atoms with van der Waals surface area (Å²) >= 11 is 0. The third kappa shape index (κ3) is 4.53. The van der Waals surface area contributed by atoms with Gasteiger partial charge in [-0.1, -0.05) is 18.2 Å². The second kappa shape index (κ2) is 9.44. The highest BCUT2D eigenvalue weighted by Gasteiger charge is 2.34. The van der Waals surface area contributed by atoms with Crippen LogP contribution in [0.5, 0.6) is 0 Å². The number of aromatic nitrogens is 3. The Hall–Kier alpha value is -4.22. The maximum Gasteiger partial charge on any atom is 0.326 e. The zero-order valence-corrected chi connectivity index (χ0v) is 19.6. The molecule has 188 valence electrons. The Morgan fingerprint density at radius 2 is 2.03 bits per heavy atom. The first-order valence-electron chi connectivity index (χ1n) is 11.7. The van der Waals surface area contributed by atoms with Crippen molar-refractivity contribution in [2.75, 3.05) is 18.4 Å². The number of halogens is 1. The number of hydrogen-bond donors (Lipinski definition) is 4. The van der Waals surface area contributed by atoms with Gasteiger partial charge in [0.05, 0.1) is 5.69 Å². The molecule has 2 aliphatic heterocycles. The lowest BCUT2D eigenvalue weighted by Crippen LogP contribution is -2.54. The van der Waals surface area contributed by atoms with Crippen LogP contribution in [0.1, 0.15) is 29.5 Å². The summed E-state index contributed by atoms with van der Waals surface area (Å²) in [4.78, 5) is 40.6. The Balaban J connectivity index is 1.19. The maximum atomic E-state index is 14.0. The predicted octanol–water partition coefficient (Wildman–Crippen LogP) is 2.62. The number of fused-ring (bicyclic) bond motifs is 2. The second-order valence-electron chi connectivity index (χ2n) is 9.20. The number of carbonyl (C=O) groups is 3. The molecule has 4 amide bonds. The molecule has 1 unspecified atom stereocenters. The quantitative estimate of drug-likeness (QED) is 0.428. The number of hydrogen-bond acceptors (Lipinski definition) is 5. The minimum Gasteiger partial charge on any atom is -0.480 e. The summed E-state index contributed by atoms with van der Waals surface area (Å²) in [6.45, 7) is 2.90. The fourth-order valence-electron chi connectivity index (χ4n) is 4.94. The average Bonchev–Trinajstić information content (AvgIpc) is 3.33. The summed E-state index contributed by atoms with van der Waals surface area (Å²) in [5.74, 6) is -1.59. The van der Waals surface area contributed by atoms with Gasteiger partial charge in [0.1, 0.15) is 22.9 Å². The number of anilines is 1. The molecule has 11 nitrogen and oxygen atoms in total. The minimum atomic E-state index is -1.13. The molecule has 1 aromatic heterocycles. The second-order valence-corrected chi connectivity index (χ2v) is 9.20. The van der Waals surface area contributed by atoms with Crippen molar-refractivity contribution in [1.82, 2.24) is 30.5 Å². The smallest absolute Gasteiger partial charge is 0.326 e. The number of rotatable bonds is 5. The van der Waals surface area contributed by atoms with Crippen molar-refractivity contribution in [2.24, 2.45) is 0 Å². The number of H-pyrrole nitrogens is 1. The van der Waals surface area contributed by atoms with Crippen LogP contribution in [0.4, 0.5) is 19.7 Å². The van der Waals surface area contributed by atoms with E-state index in [4.69, 9.17) is 0 Å². The molecule has 3 aromatic rings. The van der Waals surface area contributed by atoms with Crippen molar-refractivity contribution in [2.45, 2.75) is 44.8 Å². The van der Waals surface area contributed by atoms with E-state index in [0.717, 1.165) is 11.1 Å². The summed E-state index contributed by atoms with van der Waals surface area (Å²) in [5.41, 5.74) is 3.86. The van der Waals surface area contributed by atoms with Gasteiger partial charge in [-0.25, -0.2) is 18.8 Å². The molecule has 0 spiro atoms. The number of nitrogens with zero attached hydrogens (tertiary/aromatic N) is 4. The molecular formula is C24H26FN7O4. The highest BCUT2D eigenvalue weighted by molar-refractivity contribution is 5.92. The number of urea groups is 2.